The predicted molar refractivity (Wildman–Crippen MR) is 93.5 cm³/mol. The normalized spacial score (nSPS) is 20.1. The molecule has 7 N–H and O–H groups in total. The van der Waals surface area contributed by atoms with Crippen LogP contribution in [0.4, 0.5) is 0 Å². The van der Waals surface area contributed by atoms with E-state index in [1.54, 1.807) is 6.21 Å². The average molecular weight is 414 g/mol. The van der Waals surface area contributed by atoms with E-state index in [-0.39, 0.29) is 12.0 Å². The number of nitrogens with zero attached hydrogens (tertiary/aromatic N) is 1. The van der Waals surface area contributed by atoms with Crippen molar-refractivity contribution in [2.24, 2.45) is 16.5 Å². The van der Waals surface area contributed by atoms with Gasteiger partial charge in [-0.2, -0.15) is 20.3 Å². The van der Waals surface area contributed by atoms with Gasteiger partial charge >= 0.3 is 12.2 Å². The number of allylic oxidation sites excluding steroid dienone is 2. The molecule has 0 aromatic rings. The Kier molecular flexibility index (Phi) is 5.44. The Bertz CT molecular complexity index is 595. The summed E-state index contributed by atoms with van der Waals surface area (Å²) in [7, 11) is 0. The Morgan fingerprint density at radius 2 is 2.29 bits per heavy atom. The molecule has 0 fully saturated rings. The van der Waals surface area contributed by atoms with E-state index in [2.05, 4.69) is 34.9 Å². The Balaban J connectivity index is 2.27. The molecule has 1 heterocycles. The number of carbonyl (C=O) groups is 1. The summed E-state index contributed by atoms with van der Waals surface area (Å²) in [5.41, 5.74) is 14.1. The molecule has 1 aliphatic heterocycles. The topological polar surface area (TPSA) is 129 Å². The lowest BCUT2D eigenvalue weighted by atomic mass is 9.88. The van der Waals surface area contributed by atoms with Crippen molar-refractivity contribution in [1.82, 2.24) is 9.62 Å². The summed E-state index contributed by atoms with van der Waals surface area (Å²) in [5.74, 6) is -0.514. The Hall–Kier alpha value is -1.31. The van der Waals surface area contributed by atoms with Gasteiger partial charge in [0.1, 0.15) is 0 Å². The molecule has 0 bridgehead atoms. The van der Waals surface area contributed by atoms with Gasteiger partial charge in [-0.15, -0.1) is 0 Å². The van der Waals surface area contributed by atoms with Crippen LogP contribution in [0, 0.1) is 5.41 Å². The van der Waals surface area contributed by atoms with Gasteiger partial charge < -0.3 is 21.1 Å². The molecule has 0 aromatic carbocycles. The first-order valence-electron chi connectivity index (χ1n) is 6.38. The molecule has 0 saturated heterocycles. The van der Waals surface area contributed by atoms with Gasteiger partial charge in [0.2, 0.25) is 0 Å². The SMILES string of the molecule is N=C(N)NCC1=CC=C2C([NH][AlH][I])=C(C(N)=O)C=NC2C1. The fourth-order valence-electron chi connectivity index (χ4n) is 2.30. The van der Waals surface area contributed by atoms with Crippen molar-refractivity contribution in [2.75, 3.05) is 6.54 Å². The van der Waals surface area contributed by atoms with Crippen LogP contribution in [-0.4, -0.2) is 42.8 Å². The first-order valence-corrected chi connectivity index (χ1v) is 12.2. The molecule has 0 radical (unpaired) electrons. The van der Waals surface area contributed by atoms with Crippen LogP contribution in [0.5, 0.6) is 0 Å². The van der Waals surface area contributed by atoms with E-state index in [0.717, 1.165) is 23.3 Å². The minimum atomic E-state index is -0.501. The van der Waals surface area contributed by atoms with Crippen LogP contribution in [-0.2, 0) is 4.79 Å². The summed E-state index contributed by atoms with van der Waals surface area (Å²) in [6.45, 7) is 0.529. The maximum Gasteiger partial charge on any atom is 0.476 e. The molecule has 9 heteroatoms. The van der Waals surface area contributed by atoms with Crippen LogP contribution < -0.4 is 21.1 Å². The van der Waals surface area contributed by atoms with Crippen LogP contribution in [0.1, 0.15) is 6.42 Å². The number of nitrogens with one attached hydrogen (secondary N) is 3. The van der Waals surface area contributed by atoms with Gasteiger partial charge in [-0.25, -0.2) is 0 Å². The van der Waals surface area contributed by atoms with E-state index in [1.165, 1.54) is 0 Å². The number of rotatable bonds is 5. The maximum absolute atomic E-state index is 11.5. The lowest BCUT2D eigenvalue weighted by Gasteiger charge is -2.28. The first kappa shape index (κ1) is 16.1. The van der Waals surface area contributed by atoms with Gasteiger partial charge in [0.15, 0.2) is 5.96 Å². The Morgan fingerprint density at radius 1 is 1.52 bits per heavy atom. The number of primary amides is 1. The summed E-state index contributed by atoms with van der Waals surface area (Å²) in [6.07, 6.45) is 6.25. The van der Waals surface area contributed by atoms with Crippen LogP contribution >= 0.6 is 20.3 Å². The fourth-order valence-corrected chi connectivity index (χ4v) is 3.98. The third kappa shape index (κ3) is 3.87. The van der Waals surface area contributed by atoms with Gasteiger partial charge in [-0.3, -0.25) is 15.2 Å². The monoisotopic (exact) mass is 414 g/mol. The highest BCUT2D eigenvalue weighted by atomic mass is 127. The van der Waals surface area contributed by atoms with Gasteiger partial charge in [0.05, 0.1) is 11.6 Å². The van der Waals surface area contributed by atoms with E-state index in [1.807, 2.05) is 12.2 Å². The second-order valence-electron chi connectivity index (χ2n) is 4.68. The molecule has 0 saturated carbocycles. The minimum Gasteiger partial charge on any atom is -0.470 e. The lowest BCUT2D eigenvalue weighted by molar-refractivity contribution is -0.114. The Morgan fingerprint density at radius 3 is 2.90 bits per heavy atom. The number of hydrogen-bond acceptors (Lipinski definition) is 4. The van der Waals surface area contributed by atoms with E-state index < -0.39 is 18.1 Å². The Labute approximate surface area is 140 Å². The summed E-state index contributed by atoms with van der Waals surface area (Å²) < 4.78 is 3.33. The summed E-state index contributed by atoms with van der Waals surface area (Å²) in [4.78, 5) is 15.9. The van der Waals surface area contributed by atoms with Crippen molar-refractivity contribution < 1.29 is 4.79 Å². The number of hydrogen-bond donors (Lipinski definition) is 5. The molecule has 0 spiro atoms. The maximum atomic E-state index is 11.5. The van der Waals surface area contributed by atoms with Gasteiger partial charge in [-0.1, -0.05) is 12.2 Å². The van der Waals surface area contributed by atoms with E-state index >= 15 is 0 Å². The predicted octanol–water partition coefficient (Wildman–Crippen LogP) is -0.791. The van der Waals surface area contributed by atoms with Crippen LogP contribution in [0.3, 0.4) is 0 Å². The smallest absolute Gasteiger partial charge is 0.470 e. The first-order chi connectivity index (χ1) is 10.0. The molecule has 1 amide bonds. The molecule has 1 aliphatic carbocycles. The van der Waals surface area contributed by atoms with Crippen molar-refractivity contribution in [1.29, 1.82) is 5.41 Å². The second kappa shape index (κ2) is 7.11. The van der Waals surface area contributed by atoms with Gasteiger partial charge in [-0.05, 0) is 17.6 Å². The number of dihydropyridines is 1. The zero-order valence-electron chi connectivity index (χ0n) is 11.3. The molecule has 110 valence electrons. The molecule has 1 unspecified atom stereocenters. The number of amides is 1. The number of carbonyl (C=O) groups excluding carboxylic acids is 1. The quantitative estimate of drug-likeness (QED) is 0.175. The number of nitrogens with two attached hydrogens (primary N) is 2. The zero-order chi connectivity index (χ0) is 15.4. The van der Waals surface area contributed by atoms with Crippen molar-refractivity contribution in [3.63, 3.8) is 0 Å². The molecular formula is C12H16AlIN6O. The fraction of sp³-hybridized carbons (Fsp3) is 0.250. The van der Waals surface area contributed by atoms with Crippen molar-refractivity contribution in [3.8, 4) is 0 Å². The summed E-state index contributed by atoms with van der Waals surface area (Å²) >= 11 is 1.82. The molecule has 2 rings (SSSR count). The molecule has 7 nitrogen and oxygen atoms in total. The highest BCUT2D eigenvalue weighted by molar-refractivity contribution is 14.1. The zero-order valence-corrected chi connectivity index (χ0v) is 14.9. The molecule has 2 aliphatic rings. The van der Waals surface area contributed by atoms with Crippen LogP contribution in [0.2, 0.25) is 0 Å². The number of halogens is 1. The van der Waals surface area contributed by atoms with E-state index in [0.29, 0.717) is 12.1 Å². The molecule has 1 atom stereocenters. The van der Waals surface area contributed by atoms with Crippen LogP contribution in [0.15, 0.2) is 39.6 Å². The minimum absolute atomic E-state index is 0.0127. The third-order valence-electron chi connectivity index (χ3n) is 3.27. The van der Waals surface area contributed by atoms with Crippen LogP contribution in [0.25, 0.3) is 0 Å². The third-order valence-corrected chi connectivity index (χ3v) is 4.90. The van der Waals surface area contributed by atoms with Crippen molar-refractivity contribution >= 4 is 50.5 Å². The largest absolute Gasteiger partial charge is 0.476 e. The summed E-state index contributed by atoms with van der Waals surface area (Å²) in [6, 6.07) is -0.0127. The average Bonchev–Trinajstić information content (AvgIpc) is 2.45. The lowest BCUT2D eigenvalue weighted by Crippen LogP contribution is -2.35. The van der Waals surface area contributed by atoms with E-state index in [9.17, 15) is 4.79 Å². The number of guanidine groups is 1. The van der Waals surface area contributed by atoms with Gasteiger partial charge in [0, 0.05) is 18.5 Å². The molecule has 21 heavy (non-hydrogen) atoms. The van der Waals surface area contributed by atoms with Crippen molar-refractivity contribution in [2.45, 2.75) is 12.5 Å². The number of fused-ring (bicyclic) bond motifs is 1. The molecule has 0 aromatic heterocycles. The van der Waals surface area contributed by atoms with Gasteiger partial charge in [0.25, 0.3) is 5.91 Å². The van der Waals surface area contributed by atoms with E-state index in [4.69, 9.17) is 16.9 Å². The van der Waals surface area contributed by atoms with Crippen molar-refractivity contribution in [3.05, 3.63) is 34.6 Å². The second-order valence-corrected chi connectivity index (χ2v) is 7.58. The standard InChI is InChI=1S/C12H16N6O.Al.HI.H/c13-10-7-2-1-6(4-18-12(15)16)3-9(7)17-5-8(10)11(14)19;;;/h1-2,5,9H,3-4H2,(H8,13,14,15,16,17,18,19);;1H;/q;+2;;/p-2. The summed E-state index contributed by atoms with van der Waals surface area (Å²) in [5, 5.41) is 9.97. The highest BCUT2D eigenvalue weighted by Gasteiger charge is 2.27. The molecular weight excluding hydrogens is 398 g/mol. The number of aliphatic imine (C=N–C) groups is 1. The highest BCUT2D eigenvalue weighted by Crippen LogP contribution is 2.30.